The number of oxime groups is 1. The average molecular weight is 186 g/mol. The van der Waals surface area contributed by atoms with E-state index in [4.69, 9.17) is 10.9 Å². The van der Waals surface area contributed by atoms with Gasteiger partial charge in [0.25, 0.3) is 0 Å². The van der Waals surface area contributed by atoms with Crippen molar-refractivity contribution in [3.05, 3.63) is 0 Å². The van der Waals surface area contributed by atoms with Crippen LogP contribution >= 0.6 is 0 Å². The second-order valence-electron chi connectivity index (χ2n) is 2.92. The van der Waals surface area contributed by atoms with E-state index in [0.29, 0.717) is 6.54 Å². The molecule has 1 rings (SSSR count). The van der Waals surface area contributed by atoms with Crippen molar-refractivity contribution in [2.45, 2.75) is 18.9 Å². The van der Waals surface area contributed by atoms with E-state index in [0.717, 1.165) is 12.8 Å². The maximum absolute atomic E-state index is 11.3. The molecule has 1 aliphatic heterocycles. The Hall–Kier alpha value is -1.46. The minimum Gasteiger partial charge on any atom is -0.408 e. The third-order valence-electron chi connectivity index (χ3n) is 2.20. The second-order valence-corrected chi connectivity index (χ2v) is 2.92. The van der Waals surface area contributed by atoms with Crippen molar-refractivity contribution in [2.75, 3.05) is 13.6 Å². The molecule has 6 nitrogen and oxygen atoms in total. The molecule has 0 saturated carbocycles. The van der Waals surface area contributed by atoms with Crippen molar-refractivity contribution >= 4 is 11.9 Å². The van der Waals surface area contributed by atoms with Crippen molar-refractivity contribution in [1.82, 2.24) is 10.2 Å². The number of likely N-dealkylation sites (tertiary alicyclic amines) is 1. The number of likely N-dealkylation sites (N-methyl/N-ethyl adjacent to an activating group) is 1. The fraction of sp³-hybridized carbons (Fsp3) is 0.714. The Balaban J connectivity index is 2.69. The number of nitrogens with one attached hydrogen (secondary N) is 1. The fourth-order valence-electron chi connectivity index (χ4n) is 1.54. The van der Waals surface area contributed by atoms with Crippen molar-refractivity contribution in [3.63, 3.8) is 0 Å². The van der Waals surface area contributed by atoms with Gasteiger partial charge in [-0.15, -0.1) is 0 Å². The molecule has 1 saturated heterocycles. The van der Waals surface area contributed by atoms with Gasteiger partial charge in [0.05, 0.1) is 0 Å². The summed E-state index contributed by atoms with van der Waals surface area (Å²) < 4.78 is 0. The number of nitrogens with two attached hydrogens (primary N) is 1. The Labute approximate surface area is 76.4 Å². The number of carbonyl (C=O) groups excluding carboxylic acids is 1. The third kappa shape index (κ3) is 1.82. The summed E-state index contributed by atoms with van der Waals surface area (Å²) in [7, 11) is 1.57. The molecule has 0 aromatic rings. The molecule has 0 radical (unpaired) electrons. The standard InChI is InChI=1S/C7H14N4O2/c1-9-6(12)5-3-2-4-11(5)7(8)10-13/h5,13H,2-4H2,1H3,(H2,8,10)(H,9,12). The summed E-state index contributed by atoms with van der Waals surface area (Å²) in [6, 6.07) is -0.291. The Kier molecular flexibility index (Phi) is 2.94. The van der Waals surface area contributed by atoms with E-state index in [1.165, 1.54) is 0 Å². The monoisotopic (exact) mass is 186 g/mol. The maximum atomic E-state index is 11.3. The van der Waals surface area contributed by atoms with E-state index in [-0.39, 0.29) is 17.9 Å². The molecule has 13 heavy (non-hydrogen) atoms. The van der Waals surface area contributed by atoms with Gasteiger partial charge < -0.3 is 21.2 Å². The van der Waals surface area contributed by atoms with Crippen LogP contribution in [-0.4, -0.2) is 41.6 Å². The summed E-state index contributed by atoms with van der Waals surface area (Å²) in [6.45, 7) is 0.661. The molecule has 0 aliphatic carbocycles. The largest absolute Gasteiger partial charge is 0.408 e. The van der Waals surface area contributed by atoms with Gasteiger partial charge in [0, 0.05) is 13.6 Å². The Morgan fingerprint density at radius 1 is 1.77 bits per heavy atom. The number of rotatable bonds is 1. The molecular formula is C7H14N4O2. The molecular weight excluding hydrogens is 172 g/mol. The first-order valence-corrected chi connectivity index (χ1v) is 4.16. The lowest BCUT2D eigenvalue weighted by Gasteiger charge is -2.22. The zero-order valence-corrected chi connectivity index (χ0v) is 7.53. The molecule has 1 aliphatic rings. The van der Waals surface area contributed by atoms with Gasteiger partial charge >= 0.3 is 0 Å². The first-order valence-electron chi connectivity index (χ1n) is 4.16. The molecule has 0 aromatic carbocycles. The number of hydrogen-bond acceptors (Lipinski definition) is 3. The molecule has 0 bridgehead atoms. The summed E-state index contributed by atoms with van der Waals surface area (Å²) in [4.78, 5) is 12.9. The Morgan fingerprint density at radius 3 is 3.00 bits per heavy atom. The zero-order valence-electron chi connectivity index (χ0n) is 7.53. The third-order valence-corrected chi connectivity index (χ3v) is 2.20. The number of guanidine groups is 1. The highest BCUT2D eigenvalue weighted by Crippen LogP contribution is 2.16. The van der Waals surface area contributed by atoms with E-state index in [1.54, 1.807) is 11.9 Å². The van der Waals surface area contributed by atoms with Crippen LogP contribution in [-0.2, 0) is 4.79 Å². The molecule has 1 unspecified atom stereocenters. The molecule has 6 heteroatoms. The number of nitrogens with zero attached hydrogens (tertiary/aromatic N) is 2. The molecule has 1 atom stereocenters. The van der Waals surface area contributed by atoms with Crippen LogP contribution in [0.1, 0.15) is 12.8 Å². The van der Waals surface area contributed by atoms with E-state index in [2.05, 4.69) is 10.5 Å². The lowest BCUT2D eigenvalue weighted by Crippen LogP contribution is -2.47. The van der Waals surface area contributed by atoms with Gasteiger partial charge in [0.2, 0.25) is 11.9 Å². The second kappa shape index (κ2) is 3.97. The highest BCUT2D eigenvalue weighted by atomic mass is 16.4. The highest BCUT2D eigenvalue weighted by molar-refractivity contribution is 5.88. The van der Waals surface area contributed by atoms with Crippen molar-refractivity contribution in [2.24, 2.45) is 10.9 Å². The minimum atomic E-state index is -0.291. The van der Waals surface area contributed by atoms with Crippen molar-refractivity contribution in [3.8, 4) is 0 Å². The lowest BCUT2D eigenvalue weighted by atomic mass is 10.2. The summed E-state index contributed by atoms with van der Waals surface area (Å²) in [5.74, 6) is -0.0878. The summed E-state index contributed by atoms with van der Waals surface area (Å²) in [5.41, 5.74) is 5.41. The molecule has 74 valence electrons. The molecule has 1 fully saturated rings. The minimum absolute atomic E-state index is 0.00565. The van der Waals surface area contributed by atoms with Gasteiger partial charge in [0.15, 0.2) is 0 Å². The predicted molar refractivity (Wildman–Crippen MR) is 47.2 cm³/mol. The van der Waals surface area contributed by atoms with Crippen LogP contribution in [0.3, 0.4) is 0 Å². The van der Waals surface area contributed by atoms with Crippen molar-refractivity contribution in [1.29, 1.82) is 0 Å². The van der Waals surface area contributed by atoms with Gasteiger partial charge in [0.1, 0.15) is 6.04 Å². The first kappa shape index (κ1) is 9.63. The summed E-state index contributed by atoms with van der Waals surface area (Å²) in [6.07, 6.45) is 1.63. The fourth-order valence-corrected chi connectivity index (χ4v) is 1.54. The van der Waals surface area contributed by atoms with Crippen LogP contribution in [0.2, 0.25) is 0 Å². The normalized spacial score (nSPS) is 23.3. The molecule has 0 spiro atoms. The van der Waals surface area contributed by atoms with Crippen LogP contribution in [0.15, 0.2) is 5.16 Å². The Morgan fingerprint density at radius 2 is 2.46 bits per heavy atom. The SMILES string of the molecule is CNC(=O)C1CCCN1/C(N)=N/O. The van der Waals surface area contributed by atoms with Gasteiger partial charge in [-0.25, -0.2) is 0 Å². The van der Waals surface area contributed by atoms with Gasteiger partial charge in [-0.3, -0.25) is 4.79 Å². The highest BCUT2D eigenvalue weighted by Gasteiger charge is 2.31. The van der Waals surface area contributed by atoms with Gasteiger partial charge in [-0.05, 0) is 12.8 Å². The Bertz CT molecular complexity index is 229. The smallest absolute Gasteiger partial charge is 0.242 e. The maximum Gasteiger partial charge on any atom is 0.242 e. The van der Waals surface area contributed by atoms with E-state index >= 15 is 0 Å². The van der Waals surface area contributed by atoms with Crippen LogP contribution < -0.4 is 11.1 Å². The van der Waals surface area contributed by atoms with E-state index < -0.39 is 0 Å². The lowest BCUT2D eigenvalue weighted by molar-refractivity contribution is -0.123. The van der Waals surface area contributed by atoms with Gasteiger partial charge in [-0.1, -0.05) is 5.16 Å². The molecule has 1 heterocycles. The first-order chi connectivity index (χ1) is 6.20. The van der Waals surface area contributed by atoms with Crippen LogP contribution in [0.4, 0.5) is 0 Å². The van der Waals surface area contributed by atoms with Crippen LogP contribution in [0, 0.1) is 0 Å². The number of hydrogen-bond donors (Lipinski definition) is 3. The van der Waals surface area contributed by atoms with Crippen LogP contribution in [0.5, 0.6) is 0 Å². The zero-order chi connectivity index (χ0) is 9.84. The van der Waals surface area contributed by atoms with E-state index in [1.807, 2.05) is 0 Å². The molecule has 4 N–H and O–H groups in total. The van der Waals surface area contributed by atoms with Gasteiger partial charge in [-0.2, -0.15) is 0 Å². The molecule has 1 amide bonds. The number of amides is 1. The summed E-state index contributed by atoms with van der Waals surface area (Å²) in [5, 5.41) is 13.9. The average Bonchev–Trinajstić information content (AvgIpc) is 2.63. The van der Waals surface area contributed by atoms with Crippen molar-refractivity contribution < 1.29 is 10.0 Å². The quantitative estimate of drug-likeness (QED) is 0.210. The summed E-state index contributed by atoms with van der Waals surface area (Å²) >= 11 is 0. The topological polar surface area (TPSA) is 91.0 Å². The molecule has 0 aromatic heterocycles. The predicted octanol–water partition coefficient (Wildman–Crippen LogP) is -1.10. The number of carbonyl (C=O) groups is 1. The van der Waals surface area contributed by atoms with E-state index in [9.17, 15) is 4.79 Å². The van der Waals surface area contributed by atoms with Crippen LogP contribution in [0.25, 0.3) is 0 Å².